The van der Waals surface area contributed by atoms with Crippen molar-refractivity contribution in [2.24, 2.45) is 0 Å². The lowest BCUT2D eigenvalue weighted by molar-refractivity contribution is -0.123. The summed E-state index contributed by atoms with van der Waals surface area (Å²) in [5.41, 5.74) is 1.78. The van der Waals surface area contributed by atoms with Gasteiger partial charge < -0.3 is 19.5 Å². The van der Waals surface area contributed by atoms with Crippen LogP contribution in [-0.2, 0) is 4.79 Å². The van der Waals surface area contributed by atoms with Gasteiger partial charge in [-0.3, -0.25) is 4.79 Å². The molecule has 1 N–H and O–H groups in total. The number of ether oxygens (including phenoxy) is 3. The van der Waals surface area contributed by atoms with E-state index in [1.807, 2.05) is 30.3 Å². The maximum Gasteiger partial charge on any atom is 0.258 e. The number of methoxy groups -OCH3 is 1. The van der Waals surface area contributed by atoms with E-state index < -0.39 is 0 Å². The molecule has 33 heavy (non-hydrogen) atoms. The molecule has 0 saturated heterocycles. The zero-order valence-corrected chi connectivity index (χ0v) is 17.8. The Morgan fingerprint density at radius 1 is 1.06 bits per heavy atom. The lowest BCUT2D eigenvalue weighted by atomic mass is 10.2. The minimum Gasteiger partial charge on any atom is -0.497 e. The topological polar surface area (TPSA) is 124 Å². The van der Waals surface area contributed by atoms with E-state index in [1.165, 1.54) is 0 Å². The number of nitrogens with one attached hydrogen (secondary N) is 1. The maximum absolute atomic E-state index is 12.0. The van der Waals surface area contributed by atoms with Crippen molar-refractivity contribution < 1.29 is 19.0 Å². The van der Waals surface area contributed by atoms with Crippen molar-refractivity contribution in [3.05, 3.63) is 66.2 Å². The Balaban J connectivity index is 1.30. The van der Waals surface area contributed by atoms with Crippen molar-refractivity contribution in [2.45, 2.75) is 0 Å². The lowest BCUT2D eigenvalue weighted by Gasteiger charge is -2.09. The summed E-state index contributed by atoms with van der Waals surface area (Å²) >= 11 is 0. The average Bonchev–Trinajstić information content (AvgIpc) is 3.29. The van der Waals surface area contributed by atoms with Gasteiger partial charge in [-0.1, -0.05) is 12.1 Å². The molecule has 10 nitrogen and oxygen atoms in total. The number of nitriles is 1. The Morgan fingerprint density at radius 2 is 1.88 bits per heavy atom. The Labute approximate surface area is 189 Å². The maximum atomic E-state index is 12.0. The van der Waals surface area contributed by atoms with E-state index >= 15 is 0 Å². The van der Waals surface area contributed by atoms with Crippen LogP contribution in [0.15, 0.2) is 60.7 Å². The number of benzene rings is 2. The van der Waals surface area contributed by atoms with E-state index in [2.05, 4.69) is 20.6 Å². The third-order valence-electron chi connectivity index (χ3n) is 4.63. The van der Waals surface area contributed by atoms with Crippen LogP contribution in [0.4, 0.5) is 0 Å². The second kappa shape index (κ2) is 10.1. The minimum atomic E-state index is -0.324. The van der Waals surface area contributed by atoms with Crippen LogP contribution in [-0.4, -0.2) is 52.6 Å². The second-order valence-corrected chi connectivity index (χ2v) is 6.79. The number of aromatic nitrogens is 4. The van der Waals surface area contributed by atoms with Gasteiger partial charge in [0.1, 0.15) is 24.2 Å². The molecule has 1 amide bonds. The number of amides is 1. The highest BCUT2D eigenvalue weighted by atomic mass is 16.5. The standard InChI is InChI=1S/C23H20N6O4/c1-31-18-8-6-16(7-9-18)23-27-26-20-10-11-22(28-29(20)23)32-13-12-25-21(30)15-33-19-5-3-2-4-17(19)14-24/h2-11H,12-13,15H2,1H3,(H,25,30). The largest absolute Gasteiger partial charge is 0.497 e. The zero-order chi connectivity index (χ0) is 23.0. The van der Waals surface area contributed by atoms with E-state index in [4.69, 9.17) is 19.5 Å². The van der Waals surface area contributed by atoms with Gasteiger partial charge in [-0.25, -0.2) is 0 Å². The first-order valence-corrected chi connectivity index (χ1v) is 10.1. The molecule has 0 radical (unpaired) electrons. The number of hydrogen-bond acceptors (Lipinski definition) is 8. The molecule has 0 bridgehead atoms. The predicted octanol–water partition coefficient (Wildman–Crippen LogP) is 2.25. The van der Waals surface area contributed by atoms with Gasteiger partial charge >= 0.3 is 0 Å². The summed E-state index contributed by atoms with van der Waals surface area (Å²) in [6.07, 6.45) is 0. The molecule has 0 aliphatic rings. The molecular weight excluding hydrogens is 424 g/mol. The normalized spacial score (nSPS) is 10.4. The molecule has 4 aromatic rings. The molecule has 0 spiro atoms. The lowest BCUT2D eigenvalue weighted by Crippen LogP contribution is -2.32. The monoisotopic (exact) mass is 444 g/mol. The third-order valence-corrected chi connectivity index (χ3v) is 4.63. The van der Waals surface area contributed by atoms with Crippen LogP contribution < -0.4 is 19.5 Å². The molecule has 166 valence electrons. The molecule has 0 fully saturated rings. The highest BCUT2D eigenvalue weighted by Gasteiger charge is 2.11. The van der Waals surface area contributed by atoms with Crippen LogP contribution in [0.1, 0.15) is 5.56 Å². The molecule has 2 aromatic heterocycles. The number of fused-ring (bicyclic) bond motifs is 1. The Bertz CT molecular complexity index is 1300. The van der Waals surface area contributed by atoms with Crippen LogP contribution in [0.3, 0.4) is 0 Å². The number of hydrogen-bond donors (Lipinski definition) is 1. The fraction of sp³-hybridized carbons (Fsp3) is 0.174. The second-order valence-electron chi connectivity index (χ2n) is 6.79. The van der Waals surface area contributed by atoms with Crippen molar-refractivity contribution in [1.82, 2.24) is 25.1 Å². The number of nitrogens with zero attached hydrogens (tertiary/aromatic N) is 5. The van der Waals surface area contributed by atoms with Crippen LogP contribution in [0.2, 0.25) is 0 Å². The van der Waals surface area contributed by atoms with E-state index in [0.717, 1.165) is 11.3 Å². The third kappa shape index (κ3) is 5.16. The van der Waals surface area contributed by atoms with Crippen molar-refractivity contribution in [2.75, 3.05) is 26.9 Å². The van der Waals surface area contributed by atoms with Gasteiger partial charge in [0, 0.05) is 11.6 Å². The first-order chi connectivity index (χ1) is 16.2. The van der Waals surface area contributed by atoms with E-state index in [9.17, 15) is 4.79 Å². The van der Waals surface area contributed by atoms with Gasteiger partial charge in [0.25, 0.3) is 5.91 Å². The fourth-order valence-corrected chi connectivity index (χ4v) is 2.99. The first kappa shape index (κ1) is 21.6. The first-order valence-electron chi connectivity index (χ1n) is 10.1. The van der Waals surface area contributed by atoms with Gasteiger partial charge in [-0.2, -0.15) is 9.78 Å². The molecule has 2 aromatic carbocycles. The molecule has 0 aliphatic carbocycles. The molecular formula is C23H20N6O4. The van der Waals surface area contributed by atoms with Gasteiger partial charge in [0.2, 0.25) is 5.88 Å². The molecule has 10 heteroatoms. The Hall–Kier alpha value is -4.65. The summed E-state index contributed by atoms with van der Waals surface area (Å²) in [5.74, 6) is 1.72. The molecule has 2 heterocycles. The van der Waals surface area contributed by atoms with Crippen LogP contribution in [0, 0.1) is 11.3 Å². The quantitative estimate of drug-likeness (QED) is 0.390. The Kier molecular flexibility index (Phi) is 6.61. The van der Waals surface area contributed by atoms with Crippen molar-refractivity contribution in [3.63, 3.8) is 0 Å². The van der Waals surface area contributed by atoms with E-state index in [-0.39, 0.29) is 25.7 Å². The van der Waals surface area contributed by atoms with Gasteiger partial charge in [-0.05, 0) is 42.5 Å². The molecule has 0 aliphatic heterocycles. The SMILES string of the molecule is COc1ccc(-c2nnc3ccc(OCCNC(=O)COc4ccccc4C#N)nn23)cc1. The Morgan fingerprint density at radius 3 is 2.67 bits per heavy atom. The summed E-state index contributed by atoms with van der Waals surface area (Å²) in [4.78, 5) is 12.0. The molecule has 4 rings (SSSR count). The van der Waals surface area contributed by atoms with E-state index in [1.54, 1.807) is 48.0 Å². The highest BCUT2D eigenvalue weighted by molar-refractivity contribution is 5.77. The number of para-hydroxylation sites is 1. The molecule has 0 atom stereocenters. The highest BCUT2D eigenvalue weighted by Crippen LogP contribution is 2.22. The zero-order valence-electron chi connectivity index (χ0n) is 17.8. The average molecular weight is 444 g/mol. The van der Waals surface area contributed by atoms with Gasteiger partial charge in [0.15, 0.2) is 18.1 Å². The van der Waals surface area contributed by atoms with Crippen molar-refractivity contribution in [1.29, 1.82) is 5.26 Å². The van der Waals surface area contributed by atoms with E-state index in [0.29, 0.717) is 28.7 Å². The summed E-state index contributed by atoms with van der Waals surface area (Å²) in [5, 5.41) is 24.5. The van der Waals surface area contributed by atoms with Crippen LogP contribution in [0.25, 0.3) is 17.0 Å². The van der Waals surface area contributed by atoms with Crippen LogP contribution >= 0.6 is 0 Å². The molecule has 0 unspecified atom stereocenters. The molecule has 0 saturated carbocycles. The van der Waals surface area contributed by atoms with Crippen molar-refractivity contribution in [3.8, 4) is 34.8 Å². The number of carbonyl (C=O) groups is 1. The predicted molar refractivity (Wildman–Crippen MR) is 118 cm³/mol. The number of carbonyl (C=O) groups excluding carboxylic acids is 1. The van der Waals surface area contributed by atoms with Crippen LogP contribution in [0.5, 0.6) is 17.4 Å². The smallest absolute Gasteiger partial charge is 0.258 e. The summed E-state index contributed by atoms with van der Waals surface area (Å²) in [6.45, 7) is 0.267. The van der Waals surface area contributed by atoms with Gasteiger partial charge in [0.05, 0.1) is 19.2 Å². The summed E-state index contributed by atoms with van der Waals surface area (Å²) < 4.78 is 17.8. The fourth-order valence-electron chi connectivity index (χ4n) is 2.99. The minimum absolute atomic E-state index is 0.200. The van der Waals surface area contributed by atoms with Crippen molar-refractivity contribution >= 4 is 11.6 Å². The van der Waals surface area contributed by atoms with Gasteiger partial charge in [-0.15, -0.1) is 15.3 Å². The summed E-state index contributed by atoms with van der Waals surface area (Å²) in [6, 6.07) is 19.6. The number of rotatable bonds is 9. The summed E-state index contributed by atoms with van der Waals surface area (Å²) in [7, 11) is 1.61.